The Bertz CT molecular complexity index is 465. The summed E-state index contributed by atoms with van der Waals surface area (Å²) in [4.78, 5) is 29.3. The summed E-state index contributed by atoms with van der Waals surface area (Å²) in [7, 11) is 0. The minimum atomic E-state index is -0.255. The Morgan fingerprint density at radius 1 is 1.23 bits per heavy atom. The molecule has 2 aliphatic heterocycles. The van der Waals surface area contributed by atoms with Crippen LogP contribution >= 0.6 is 0 Å². The first-order chi connectivity index (χ1) is 10.7. The fraction of sp³-hybridized carbons (Fsp3) is 0.882. The van der Waals surface area contributed by atoms with Gasteiger partial charge in [-0.25, -0.2) is 0 Å². The fourth-order valence-electron chi connectivity index (χ4n) is 3.85. The van der Waals surface area contributed by atoms with Gasteiger partial charge in [-0.2, -0.15) is 0 Å². The summed E-state index contributed by atoms with van der Waals surface area (Å²) in [5.41, 5.74) is -0.255. The van der Waals surface area contributed by atoms with Gasteiger partial charge in [0.15, 0.2) is 0 Å². The monoisotopic (exact) mass is 306 g/mol. The highest BCUT2D eigenvalue weighted by Crippen LogP contribution is 2.38. The molecule has 5 nitrogen and oxygen atoms in total. The van der Waals surface area contributed by atoms with Crippen LogP contribution in [-0.4, -0.2) is 60.0 Å². The highest BCUT2D eigenvalue weighted by atomic mass is 16.5. The van der Waals surface area contributed by atoms with Gasteiger partial charge in [0.25, 0.3) is 0 Å². The molecule has 0 bridgehead atoms. The number of hydrogen-bond acceptors (Lipinski definition) is 3. The van der Waals surface area contributed by atoms with Crippen molar-refractivity contribution in [2.24, 2.45) is 11.8 Å². The number of amides is 2. The lowest BCUT2D eigenvalue weighted by atomic mass is 9.94. The molecule has 0 aromatic heterocycles. The summed E-state index contributed by atoms with van der Waals surface area (Å²) >= 11 is 0. The van der Waals surface area contributed by atoms with Crippen LogP contribution in [0.1, 0.15) is 44.9 Å². The second kappa shape index (κ2) is 5.52. The molecule has 4 rings (SSSR count). The van der Waals surface area contributed by atoms with Crippen molar-refractivity contribution in [2.75, 3.05) is 32.8 Å². The van der Waals surface area contributed by atoms with Crippen LogP contribution in [0.5, 0.6) is 0 Å². The molecule has 2 saturated carbocycles. The molecule has 0 N–H and O–H groups in total. The average molecular weight is 306 g/mol. The zero-order chi connectivity index (χ0) is 15.2. The lowest BCUT2D eigenvalue weighted by Gasteiger charge is -2.40. The summed E-state index contributed by atoms with van der Waals surface area (Å²) in [5, 5.41) is 0. The molecular weight excluding hydrogens is 280 g/mol. The van der Waals surface area contributed by atoms with E-state index < -0.39 is 0 Å². The van der Waals surface area contributed by atoms with Gasteiger partial charge in [0, 0.05) is 39.1 Å². The number of nitrogens with zero attached hydrogens (tertiary/aromatic N) is 2. The Balaban J connectivity index is 1.53. The molecule has 2 aliphatic carbocycles. The molecule has 22 heavy (non-hydrogen) atoms. The lowest BCUT2D eigenvalue weighted by Crippen LogP contribution is -2.57. The first-order valence-corrected chi connectivity index (χ1v) is 8.82. The summed E-state index contributed by atoms with van der Waals surface area (Å²) in [5.74, 6) is 1.74. The third-order valence-corrected chi connectivity index (χ3v) is 5.69. The van der Waals surface area contributed by atoms with Gasteiger partial charge in [-0.3, -0.25) is 9.59 Å². The van der Waals surface area contributed by atoms with Crippen molar-refractivity contribution in [2.45, 2.75) is 50.5 Å². The van der Waals surface area contributed by atoms with Crippen molar-refractivity contribution in [3.63, 3.8) is 0 Å². The van der Waals surface area contributed by atoms with E-state index in [2.05, 4.69) is 4.90 Å². The number of rotatable bonds is 4. The molecule has 0 aromatic rings. The van der Waals surface area contributed by atoms with Crippen molar-refractivity contribution >= 4 is 11.8 Å². The molecule has 2 saturated heterocycles. The second-order valence-corrected chi connectivity index (χ2v) is 7.69. The van der Waals surface area contributed by atoms with E-state index >= 15 is 0 Å². The van der Waals surface area contributed by atoms with Gasteiger partial charge in [0.1, 0.15) is 0 Å². The molecule has 4 fully saturated rings. The van der Waals surface area contributed by atoms with Gasteiger partial charge >= 0.3 is 0 Å². The van der Waals surface area contributed by atoms with Gasteiger partial charge in [0.05, 0.1) is 12.1 Å². The standard InChI is InChI=1S/C17H26N2O3/c20-15-5-7-18(16(21)9-13-1-2-13)11-17(6-8-22-12-17)19(15)10-14-3-4-14/h13-14H,1-12H2. The topological polar surface area (TPSA) is 49.9 Å². The van der Waals surface area contributed by atoms with E-state index in [4.69, 9.17) is 4.74 Å². The number of ether oxygens (including phenoxy) is 1. The Morgan fingerprint density at radius 2 is 2.00 bits per heavy atom. The van der Waals surface area contributed by atoms with Crippen LogP contribution in [0.15, 0.2) is 0 Å². The van der Waals surface area contributed by atoms with Crippen LogP contribution in [0.3, 0.4) is 0 Å². The van der Waals surface area contributed by atoms with E-state index in [1.165, 1.54) is 25.7 Å². The van der Waals surface area contributed by atoms with E-state index in [1.54, 1.807) is 0 Å². The van der Waals surface area contributed by atoms with Crippen molar-refractivity contribution in [3.05, 3.63) is 0 Å². The minimum Gasteiger partial charge on any atom is -0.379 e. The summed E-state index contributed by atoms with van der Waals surface area (Å²) < 4.78 is 5.66. The molecule has 1 unspecified atom stereocenters. The smallest absolute Gasteiger partial charge is 0.224 e. The predicted octanol–water partition coefficient (Wildman–Crippen LogP) is 1.42. The number of hydrogen-bond donors (Lipinski definition) is 0. The Morgan fingerprint density at radius 3 is 2.64 bits per heavy atom. The van der Waals surface area contributed by atoms with Gasteiger partial charge in [0.2, 0.25) is 11.8 Å². The maximum atomic E-state index is 12.7. The molecule has 0 aromatic carbocycles. The van der Waals surface area contributed by atoms with Crippen LogP contribution in [0.4, 0.5) is 0 Å². The van der Waals surface area contributed by atoms with Crippen LogP contribution in [0.2, 0.25) is 0 Å². The molecule has 5 heteroatoms. The van der Waals surface area contributed by atoms with Crippen LogP contribution in [0, 0.1) is 11.8 Å². The Labute approximate surface area is 132 Å². The van der Waals surface area contributed by atoms with Gasteiger partial charge in [-0.15, -0.1) is 0 Å². The molecule has 1 spiro atoms. The first-order valence-electron chi connectivity index (χ1n) is 8.82. The highest BCUT2D eigenvalue weighted by molar-refractivity contribution is 5.81. The zero-order valence-corrected chi connectivity index (χ0v) is 13.3. The van der Waals surface area contributed by atoms with Crippen LogP contribution in [0.25, 0.3) is 0 Å². The van der Waals surface area contributed by atoms with E-state index in [9.17, 15) is 9.59 Å². The quantitative estimate of drug-likeness (QED) is 0.789. The van der Waals surface area contributed by atoms with Gasteiger partial charge < -0.3 is 14.5 Å². The third kappa shape index (κ3) is 2.87. The van der Waals surface area contributed by atoms with Crippen LogP contribution in [-0.2, 0) is 14.3 Å². The molecule has 4 aliphatic rings. The van der Waals surface area contributed by atoms with Gasteiger partial charge in [-0.05, 0) is 43.9 Å². The SMILES string of the molecule is O=C(CC1CC1)N1CCC(=O)N(CC2CC2)C2(CCOC2)C1. The summed E-state index contributed by atoms with van der Waals surface area (Å²) in [6.07, 6.45) is 6.90. The van der Waals surface area contributed by atoms with Crippen molar-refractivity contribution in [1.82, 2.24) is 9.80 Å². The van der Waals surface area contributed by atoms with Crippen molar-refractivity contribution in [1.29, 1.82) is 0 Å². The second-order valence-electron chi connectivity index (χ2n) is 7.69. The molecular formula is C17H26N2O3. The number of carbonyl (C=O) groups excluding carboxylic acids is 2. The first kappa shape index (κ1) is 14.5. The van der Waals surface area contributed by atoms with E-state index in [1.807, 2.05) is 4.90 Å². The van der Waals surface area contributed by atoms with Crippen LogP contribution < -0.4 is 0 Å². The Hall–Kier alpha value is -1.10. The molecule has 1 atom stereocenters. The normalized spacial score (nSPS) is 32.6. The summed E-state index contributed by atoms with van der Waals surface area (Å²) in [6.45, 7) is 3.44. The maximum absolute atomic E-state index is 12.7. The Kier molecular flexibility index (Phi) is 3.63. The van der Waals surface area contributed by atoms with Gasteiger partial charge in [-0.1, -0.05) is 0 Å². The molecule has 0 radical (unpaired) electrons. The van der Waals surface area contributed by atoms with Crippen molar-refractivity contribution in [3.8, 4) is 0 Å². The third-order valence-electron chi connectivity index (χ3n) is 5.69. The lowest BCUT2D eigenvalue weighted by molar-refractivity contribution is -0.138. The highest BCUT2D eigenvalue weighted by Gasteiger charge is 2.48. The predicted molar refractivity (Wildman–Crippen MR) is 81.1 cm³/mol. The minimum absolute atomic E-state index is 0.221. The molecule has 122 valence electrons. The largest absolute Gasteiger partial charge is 0.379 e. The number of carbonyl (C=O) groups is 2. The summed E-state index contributed by atoms with van der Waals surface area (Å²) in [6, 6.07) is 0. The van der Waals surface area contributed by atoms with E-state index in [-0.39, 0.29) is 17.4 Å². The molecule has 2 heterocycles. The van der Waals surface area contributed by atoms with E-state index in [0.29, 0.717) is 51.0 Å². The fourth-order valence-corrected chi connectivity index (χ4v) is 3.85. The maximum Gasteiger partial charge on any atom is 0.224 e. The average Bonchev–Trinajstić information content (AvgIpc) is 3.41. The zero-order valence-electron chi connectivity index (χ0n) is 13.3. The van der Waals surface area contributed by atoms with E-state index in [0.717, 1.165) is 13.0 Å². The molecule has 2 amide bonds. The van der Waals surface area contributed by atoms with Crippen molar-refractivity contribution < 1.29 is 14.3 Å².